The highest BCUT2D eigenvalue weighted by atomic mass is 16.3. The maximum atomic E-state index is 9.82. The predicted molar refractivity (Wildman–Crippen MR) is 70.2 cm³/mol. The van der Waals surface area contributed by atoms with Gasteiger partial charge in [-0.1, -0.05) is 0 Å². The summed E-state index contributed by atoms with van der Waals surface area (Å²) in [4.78, 5) is 2.06. The molecule has 1 aromatic rings. The van der Waals surface area contributed by atoms with Gasteiger partial charge in [0, 0.05) is 25.5 Å². The molecule has 0 radical (unpaired) electrons. The average Bonchev–Trinajstić information content (AvgIpc) is 2.17. The van der Waals surface area contributed by atoms with Crippen LogP contribution in [0.4, 0.5) is 11.4 Å². The molecule has 0 bridgehead atoms. The van der Waals surface area contributed by atoms with Gasteiger partial charge in [0.2, 0.25) is 0 Å². The maximum absolute atomic E-state index is 9.82. The van der Waals surface area contributed by atoms with E-state index in [4.69, 9.17) is 0 Å². The Hall–Kier alpha value is -1.22. The molecular formula is C13H22N2O. The SMILES string of the molecule is CC(Nc1ccc(N(C)C)cc1)C(C)(C)O. The van der Waals surface area contributed by atoms with Crippen LogP contribution >= 0.6 is 0 Å². The summed E-state index contributed by atoms with van der Waals surface area (Å²) in [6.45, 7) is 5.58. The van der Waals surface area contributed by atoms with E-state index in [2.05, 4.69) is 22.3 Å². The minimum absolute atomic E-state index is 0.0118. The molecule has 0 aliphatic heterocycles. The van der Waals surface area contributed by atoms with Crippen molar-refractivity contribution in [1.29, 1.82) is 0 Å². The van der Waals surface area contributed by atoms with Gasteiger partial charge in [-0.25, -0.2) is 0 Å². The van der Waals surface area contributed by atoms with Gasteiger partial charge in [0.15, 0.2) is 0 Å². The molecule has 0 aliphatic rings. The Labute approximate surface area is 98.1 Å². The highest BCUT2D eigenvalue weighted by Crippen LogP contribution is 2.19. The summed E-state index contributed by atoms with van der Waals surface area (Å²) in [5, 5.41) is 13.1. The quantitative estimate of drug-likeness (QED) is 0.820. The summed E-state index contributed by atoms with van der Waals surface area (Å²) in [6.07, 6.45) is 0. The van der Waals surface area contributed by atoms with E-state index in [0.717, 1.165) is 5.69 Å². The van der Waals surface area contributed by atoms with Crippen LogP contribution in [0.3, 0.4) is 0 Å². The summed E-state index contributed by atoms with van der Waals surface area (Å²) < 4.78 is 0. The molecule has 16 heavy (non-hydrogen) atoms. The van der Waals surface area contributed by atoms with Crippen molar-refractivity contribution in [3.05, 3.63) is 24.3 Å². The van der Waals surface area contributed by atoms with Crippen molar-refractivity contribution in [1.82, 2.24) is 0 Å². The molecule has 0 amide bonds. The standard InChI is InChI=1S/C13H22N2O/c1-10(13(2,3)16)14-11-6-8-12(9-7-11)15(4)5/h6-10,14,16H,1-5H3. The minimum Gasteiger partial charge on any atom is -0.388 e. The first-order chi connectivity index (χ1) is 7.30. The van der Waals surface area contributed by atoms with Crippen molar-refractivity contribution >= 4 is 11.4 Å². The smallest absolute Gasteiger partial charge is 0.0789 e. The molecule has 2 N–H and O–H groups in total. The molecule has 0 saturated heterocycles. The summed E-state index contributed by atoms with van der Waals surface area (Å²) in [5.74, 6) is 0. The van der Waals surface area contributed by atoms with Crippen molar-refractivity contribution in [3.63, 3.8) is 0 Å². The topological polar surface area (TPSA) is 35.5 Å². The van der Waals surface area contributed by atoms with Crippen LogP contribution in [0.1, 0.15) is 20.8 Å². The zero-order valence-corrected chi connectivity index (χ0v) is 10.8. The largest absolute Gasteiger partial charge is 0.388 e. The minimum atomic E-state index is -0.722. The second kappa shape index (κ2) is 4.74. The van der Waals surface area contributed by atoms with Gasteiger partial charge in [0.25, 0.3) is 0 Å². The first-order valence-electron chi connectivity index (χ1n) is 5.57. The van der Waals surface area contributed by atoms with Crippen LogP contribution in [0.15, 0.2) is 24.3 Å². The summed E-state index contributed by atoms with van der Waals surface area (Å²) in [7, 11) is 4.03. The van der Waals surface area contributed by atoms with E-state index in [-0.39, 0.29) is 6.04 Å². The van der Waals surface area contributed by atoms with E-state index >= 15 is 0 Å². The molecule has 0 aromatic heterocycles. The van der Waals surface area contributed by atoms with Gasteiger partial charge in [0.05, 0.1) is 11.6 Å². The molecule has 1 rings (SSSR count). The van der Waals surface area contributed by atoms with Crippen LogP contribution in [0, 0.1) is 0 Å². The number of nitrogens with one attached hydrogen (secondary N) is 1. The third-order valence-electron chi connectivity index (χ3n) is 2.83. The number of benzene rings is 1. The number of aliphatic hydroxyl groups is 1. The average molecular weight is 222 g/mol. The summed E-state index contributed by atoms with van der Waals surface area (Å²) in [6, 6.07) is 8.17. The van der Waals surface area contributed by atoms with Gasteiger partial charge < -0.3 is 15.3 Å². The number of hydrogen-bond acceptors (Lipinski definition) is 3. The van der Waals surface area contributed by atoms with Crippen LogP contribution in [-0.2, 0) is 0 Å². The fourth-order valence-electron chi connectivity index (χ4n) is 1.28. The van der Waals surface area contributed by atoms with Crippen molar-refractivity contribution in [2.45, 2.75) is 32.4 Å². The molecule has 1 aromatic carbocycles. The van der Waals surface area contributed by atoms with Crippen LogP contribution in [0.2, 0.25) is 0 Å². The number of rotatable bonds is 4. The van der Waals surface area contributed by atoms with E-state index in [9.17, 15) is 5.11 Å². The maximum Gasteiger partial charge on any atom is 0.0789 e. The van der Waals surface area contributed by atoms with E-state index in [1.807, 2.05) is 33.2 Å². The lowest BCUT2D eigenvalue weighted by Gasteiger charge is -2.27. The Bertz CT molecular complexity index is 325. The highest BCUT2D eigenvalue weighted by Gasteiger charge is 2.21. The van der Waals surface area contributed by atoms with Crippen LogP contribution < -0.4 is 10.2 Å². The molecule has 0 saturated carbocycles. The van der Waals surface area contributed by atoms with Crippen molar-refractivity contribution in [2.75, 3.05) is 24.3 Å². The van der Waals surface area contributed by atoms with Crippen molar-refractivity contribution < 1.29 is 5.11 Å². The van der Waals surface area contributed by atoms with Crippen LogP contribution in [0.25, 0.3) is 0 Å². The van der Waals surface area contributed by atoms with Crippen LogP contribution in [-0.4, -0.2) is 30.8 Å². The van der Waals surface area contributed by atoms with Crippen molar-refractivity contribution in [2.24, 2.45) is 0 Å². The number of anilines is 2. The Balaban J connectivity index is 2.69. The van der Waals surface area contributed by atoms with Gasteiger partial charge in [-0.3, -0.25) is 0 Å². The Morgan fingerprint density at radius 2 is 1.69 bits per heavy atom. The van der Waals surface area contributed by atoms with Crippen molar-refractivity contribution in [3.8, 4) is 0 Å². The van der Waals surface area contributed by atoms with Gasteiger partial charge in [-0.15, -0.1) is 0 Å². The zero-order valence-electron chi connectivity index (χ0n) is 10.8. The van der Waals surface area contributed by atoms with Gasteiger partial charge in [-0.2, -0.15) is 0 Å². The molecule has 3 nitrogen and oxygen atoms in total. The second-order valence-electron chi connectivity index (χ2n) is 4.96. The molecule has 0 fully saturated rings. The van der Waals surface area contributed by atoms with E-state index in [1.165, 1.54) is 5.69 Å². The highest BCUT2D eigenvalue weighted by molar-refractivity contribution is 5.54. The molecule has 1 unspecified atom stereocenters. The molecule has 1 atom stereocenters. The lowest BCUT2D eigenvalue weighted by Crippen LogP contribution is -2.39. The van der Waals surface area contributed by atoms with Gasteiger partial charge >= 0.3 is 0 Å². The fourth-order valence-corrected chi connectivity index (χ4v) is 1.28. The molecular weight excluding hydrogens is 200 g/mol. The first kappa shape index (κ1) is 12.8. The fraction of sp³-hybridized carbons (Fsp3) is 0.538. The number of nitrogens with zero attached hydrogens (tertiary/aromatic N) is 1. The normalized spacial score (nSPS) is 13.4. The molecule has 0 heterocycles. The summed E-state index contributed by atoms with van der Waals surface area (Å²) >= 11 is 0. The molecule has 0 aliphatic carbocycles. The third-order valence-corrected chi connectivity index (χ3v) is 2.83. The van der Waals surface area contributed by atoms with Gasteiger partial charge in [0.1, 0.15) is 0 Å². The Morgan fingerprint density at radius 1 is 1.19 bits per heavy atom. The Kier molecular flexibility index (Phi) is 3.81. The first-order valence-corrected chi connectivity index (χ1v) is 5.57. The lowest BCUT2D eigenvalue weighted by atomic mass is 10.0. The second-order valence-corrected chi connectivity index (χ2v) is 4.96. The molecule has 90 valence electrons. The molecule has 0 spiro atoms. The Morgan fingerprint density at radius 3 is 2.06 bits per heavy atom. The van der Waals surface area contributed by atoms with E-state index in [0.29, 0.717) is 0 Å². The molecule has 3 heteroatoms. The lowest BCUT2D eigenvalue weighted by molar-refractivity contribution is 0.0649. The van der Waals surface area contributed by atoms with Crippen LogP contribution in [0.5, 0.6) is 0 Å². The predicted octanol–water partition coefficient (Wildman–Crippen LogP) is 2.32. The van der Waals surface area contributed by atoms with Gasteiger partial charge in [-0.05, 0) is 45.0 Å². The zero-order chi connectivity index (χ0) is 12.3. The van der Waals surface area contributed by atoms with E-state index < -0.39 is 5.60 Å². The summed E-state index contributed by atoms with van der Waals surface area (Å²) in [5.41, 5.74) is 1.47. The number of hydrogen-bond donors (Lipinski definition) is 2. The monoisotopic (exact) mass is 222 g/mol. The van der Waals surface area contributed by atoms with E-state index in [1.54, 1.807) is 13.8 Å². The third kappa shape index (κ3) is 3.42.